The minimum Gasteiger partial charge on any atom is -0.379 e. The first-order valence-electron chi connectivity index (χ1n) is 5.09. The molecule has 78 valence electrons. The molecule has 0 aromatic carbocycles. The number of hydrazone groups is 1. The second-order valence-corrected chi connectivity index (χ2v) is 4.09. The summed E-state index contributed by atoms with van der Waals surface area (Å²) in [4.78, 5) is 11.6. The highest BCUT2D eigenvalue weighted by Gasteiger charge is 2.37. The molecule has 2 rings (SSSR count). The monoisotopic (exact) mass is 196 g/mol. The molecule has 2 aliphatic rings. The molecule has 1 aliphatic carbocycles. The minimum absolute atomic E-state index is 0.122. The maximum atomic E-state index is 11.6. The first kappa shape index (κ1) is 9.65. The predicted molar refractivity (Wildman–Crippen MR) is 53.0 cm³/mol. The summed E-state index contributed by atoms with van der Waals surface area (Å²) in [5.74, 6) is 0.793. The topological polar surface area (TPSA) is 41.9 Å². The van der Waals surface area contributed by atoms with E-state index in [4.69, 9.17) is 4.74 Å². The first-order chi connectivity index (χ1) is 6.72. The molecule has 1 aliphatic heterocycles. The van der Waals surface area contributed by atoms with E-state index >= 15 is 0 Å². The van der Waals surface area contributed by atoms with E-state index < -0.39 is 0 Å². The second-order valence-electron chi connectivity index (χ2n) is 4.09. The van der Waals surface area contributed by atoms with Crippen molar-refractivity contribution in [3.63, 3.8) is 0 Å². The zero-order valence-corrected chi connectivity index (χ0v) is 8.69. The molecule has 0 aromatic heterocycles. The number of ether oxygens (including phenoxy) is 1. The fourth-order valence-corrected chi connectivity index (χ4v) is 1.84. The molecule has 0 bridgehead atoms. The molecular weight excluding hydrogens is 180 g/mol. The minimum atomic E-state index is 0.122. The number of hydrogen-bond acceptors (Lipinski definition) is 3. The Morgan fingerprint density at radius 3 is 2.93 bits per heavy atom. The highest BCUT2D eigenvalue weighted by molar-refractivity contribution is 6.05. The Kier molecular flexibility index (Phi) is 2.54. The van der Waals surface area contributed by atoms with Crippen LogP contribution in [0, 0.1) is 5.92 Å². The second kappa shape index (κ2) is 3.69. The normalized spacial score (nSPS) is 24.0. The average Bonchev–Trinajstić information content (AvgIpc) is 2.91. The summed E-state index contributed by atoms with van der Waals surface area (Å²) in [6.45, 7) is 2.55. The van der Waals surface area contributed by atoms with Gasteiger partial charge in [-0.25, -0.2) is 5.01 Å². The largest absolute Gasteiger partial charge is 0.379 e. The molecule has 1 heterocycles. The van der Waals surface area contributed by atoms with Gasteiger partial charge in [0.05, 0.1) is 24.8 Å². The van der Waals surface area contributed by atoms with Crippen molar-refractivity contribution in [3.05, 3.63) is 0 Å². The fraction of sp³-hybridized carbons (Fsp3) is 0.800. The number of nitrogens with zero attached hydrogens (tertiary/aromatic N) is 2. The summed E-state index contributed by atoms with van der Waals surface area (Å²) >= 11 is 0. The Morgan fingerprint density at radius 2 is 2.36 bits per heavy atom. The fourth-order valence-electron chi connectivity index (χ4n) is 1.84. The number of carbonyl (C=O) groups is 1. The summed E-state index contributed by atoms with van der Waals surface area (Å²) < 4.78 is 4.97. The molecule has 14 heavy (non-hydrogen) atoms. The van der Waals surface area contributed by atoms with Gasteiger partial charge in [0.2, 0.25) is 5.91 Å². The Labute approximate surface area is 83.9 Å². The molecule has 0 N–H and O–H groups in total. The lowest BCUT2D eigenvalue weighted by atomic mass is 10.2. The summed E-state index contributed by atoms with van der Waals surface area (Å²) in [5, 5.41) is 5.94. The van der Waals surface area contributed by atoms with E-state index in [0.29, 0.717) is 18.9 Å². The molecule has 0 saturated heterocycles. The number of hydrogen-bond donors (Lipinski definition) is 0. The van der Waals surface area contributed by atoms with Gasteiger partial charge >= 0.3 is 0 Å². The number of rotatable bonds is 4. The zero-order chi connectivity index (χ0) is 10.1. The van der Waals surface area contributed by atoms with E-state index in [9.17, 15) is 4.79 Å². The van der Waals surface area contributed by atoms with Crippen LogP contribution in [0.4, 0.5) is 0 Å². The molecule has 1 saturated carbocycles. The van der Waals surface area contributed by atoms with Crippen molar-refractivity contribution in [2.24, 2.45) is 11.0 Å². The molecule has 1 atom stereocenters. The molecule has 4 heteroatoms. The lowest BCUT2D eigenvalue weighted by Gasteiger charge is -2.19. The highest BCUT2D eigenvalue weighted by atomic mass is 16.5. The number of amides is 1. The molecule has 1 fully saturated rings. The van der Waals surface area contributed by atoms with E-state index in [1.807, 2.05) is 0 Å². The summed E-state index contributed by atoms with van der Waals surface area (Å²) in [6.07, 6.45) is 2.91. The Balaban J connectivity index is 2.00. The summed E-state index contributed by atoms with van der Waals surface area (Å²) in [6, 6.07) is 0.275. The smallest absolute Gasteiger partial charge is 0.248 e. The van der Waals surface area contributed by atoms with Crippen molar-refractivity contribution in [2.45, 2.75) is 32.2 Å². The van der Waals surface area contributed by atoms with E-state index in [1.54, 1.807) is 12.1 Å². The molecule has 0 spiro atoms. The molecule has 0 aromatic rings. The van der Waals surface area contributed by atoms with E-state index in [2.05, 4.69) is 12.0 Å². The molecule has 1 amide bonds. The van der Waals surface area contributed by atoms with Gasteiger partial charge in [-0.05, 0) is 25.7 Å². The standard InChI is InChI=1S/C10H16N2O2/c1-7(8-3-4-8)12-10(13)5-9(11-12)6-14-2/h7-8H,3-6H2,1-2H3. The average molecular weight is 196 g/mol. The van der Waals surface area contributed by atoms with Crippen LogP contribution in [0.25, 0.3) is 0 Å². The van der Waals surface area contributed by atoms with Crippen LogP contribution in [0.3, 0.4) is 0 Å². The van der Waals surface area contributed by atoms with Gasteiger partial charge in [0.1, 0.15) is 0 Å². The molecule has 0 radical (unpaired) electrons. The lowest BCUT2D eigenvalue weighted by Crippen LogP contribution is -2.32. The Morgan fingerprint density at radius 1 is 1.64 bits per heavy atom. The van der Waals surface area contributed by atoms with Gasteiger partial charge in [0.25, 0.3) is 0 Å². The molecular formula is C10H16N2O2. The van der Waals surface area contributed by atoms with Crippen LogP contribution in [0.5, 0.6) is 0 Å². The quantitative estimate of drug-likeness (QED) is 0.673. The van der Waals surface area contributed by atoms with Gasteiger partial charge in [0, 0.05) is 7.11 Å². The third-order valence-corrected chi connectivity index (χ3v) is 2.86. The third-order valence-electron chi connectivity index (χ3n) is 2.86. The maximum Gasteiger partial charge on any atom is 0.248 e. The van der Waals surface area contributed by atoms with E-state index in [1.165, 1.54) is 12.8 Å². The van der Waals surface area contributed by atoms with Crippen molar-refractivity contribution < 1.29 is 9.53 Å². The number of methoxy groups -OCH3 is 1. The van der Waals surface area contributed by atoms with Crippen LogP contribution in [-0.4, -0.2) is 36.4 Å². The number of carbonyl (C=O) groups excluding carboxylic acids is 1. The zero-order valence-electron chi connectivity index (χ0n) is 8.69. The van der Waals surface area contributed by atoms with Crippen LogP contribution in [0.2, 0.25) is 0 Å². The van der Waals surface area contributed by atoms with Crippen molar-refractivity contribution in [3.8, 4) is 0 Å². The van der Waals surface area contributed by atoms with Gasteiger partial charge in [0.15, 0.2) is 0 Å². The van der Waals surface area contributed by atoms with Gasteiger partial charge in [-0.1, -0.05) is 0 Å². The Bertz CT molecular complexity index is 271. The van der Waals surface area contributed by atoms with Crippen LogP contribution < -0.4 is 0 Å². The molecule has 4 nitrogen and oxygen atoms in total. The first-order valence-corrected chi connectivity index (χ1v) is 5.09. The lowest BCUT2D eigenvalue weighted by molar-refractivity contribution is -0.130. The van der Waals surface area contributed by atoms with Crippen LogP contribution in [0.15, 0.2) is 5.10 Å². The van der Waals surface area contributed by atoms with Crippen molar-refractivity contribution in [2.75, 3.05) is 13.7 Å². The van der Waals surface area contributed by atoms with Gasteiger partial charge < -0.3 is 4.74 Å². The van der Waals surface area contributed by atoms with E-state index in [0.717, 1.165) is 5.71 Å². The Hall–Kier alpha value is -0.900. The van der Waals surface area contributed by atoms with Gasteiger partial charge in [-0.2, -0.15) is 5.10 Å². The third kappa shape index (κ3) is 1.80. The van der Waals surface area contributed by atoms with Crippen LogP contribution in [-0.2, 0) is 9.53 Å². The van der Waals surface area contributed by atoms with Crippen molar-refractivity contribution >= 4 is 11.6 Å². The van der Waals surface area contributed by atoms with Gasteiger partial charge in [-0.15, -0.1) is 0 Å². The van der Waals surface area contributed by atoms with Crippen LogP contribution >= 0.6 is 0 Å². The maximum absolute atomic E-state index is 11.6. The highest BCUT2D eigenvalue weighted by Crippen LogP contribution is 2.36. The van der Waals surface area contributed by atoms with Crippen molar-refractivity contribution in [1.29, 1.82) is 0 Å². The van der Waals surface area contributed by atoms with Crippen LogP contribution in [0.1, 0.15) is 26.2 Å². The summed E-state index contributed by atoms with van der Waals surface area (Å²) in [5.41, 5.74) is 0.852. The SMILES string of the molecule is COCC1=NN(C(C)C2CC2)C(=O)C1. The van der Waals surface area contributed by atoms with E-state index in [-0.39, 0.29) is 11.9 Å². The molecule has 1 unspecified atom stereocenters. The van der Waals surface area contributed by atoms with Crippen molar-refractivity contribution in [1.82, 2.24) is 5.01 Å². The van der Waals surface area contributed by atoms with Gasteiger partial charge in [-0.3, -0.25) is 4.79 Å². The predicted octanol–water partition coefficient (Wildman–Crippen LogP) is 1.02. The summed E-state index contributed by atoms with van der Waals surface area (Å²) in [7, 11) is 1.62.